The molecule has 1 aromatic rings. The van der Waals surface area contributed by atoms with E-state index in [1.54, 1.807) is 0 Å². The van der Waals surface area contributed by atoms with Gasteiger partial charge in [-0.2, -0.15) is 0 Å². The number of aliphatic carboxylic acids is 1. The number of hydrogen-bond donors (Lipinski definition) is 1. The van der Waals surface area contributed by atoms with Crippen LogP contribution >= 0.6 is 0 Å². The van der Waals surface area contributed by atoms with Crippen molar-refractivity contribution in [1.82, 2.24) is 4.90 Å². The van der Waals surface area contributed by atoms with Crippen LogP contribution in [-0.2, 0) is 16.1 Å². The van der Waals surface area contributed by atoms with Crippen molar-refractivity contribution in [1.29, 1.82) is 0 Å². The Kier molecular flexibility index (Phi) is 3.74. The van der Waals surface area contributed by atoms with Gasteiger partial charge in [0.2, 0.25) is 5.91 Å². The molecule has 0 spiro atoms. The van der Waals surface area contributed by atoms with Crippen LogP contribution in [0.15, 0.2) is 24.3 Å². The lowest BCUT2D eigenvalue weighted by molar-refractivity contribution is -0.146. The Bertz CT molecular complexity index is 482. The minimum Gasteiger partial charge on any atom is -0.480 e. The molecule has 5 heteroatoms. The van der Waals surface area contributed by atoms with Gasteiger partial charge in [0.25, 0.3) is 0 Å². The maximum atomic E-state index is 11.7. The van der Waals surface area contributed by atoms with Crippen LogP contribution < -0.4 is 4.90 Å². The van der Waals surface area contributed by atoms with Crippen LogP contribution in [0.5, 0.6) is 0 Å². The van der Waals surface area contributed by atoms with Crippen LogP contribution in [0.4, 0.5) is 5.69 Å². The molecule has 0 radical (unpaired) electrons. The molecule has 1 aliphatic heterocycles. The van der Waals surface area contributed by atoms with E-state index in [0.29, 0.717) is 19.4 Å². The maximum absolute atomic E-state index is 11.7. The van der Waals surface area contributed by atoms with Crippen molar-refractivity contribution >= 4 is 17.6 Å². The van der Waals surface area contributed by atoms with Crippen LogP contribution in [0.25, 0.3) is 0 Å². The van der Waals surface area contributed by atoms with E-state index in [-0.39, 0.29) is 5.91 Å². The summed E-state index contributed by atoms with van der Waals surface area (Å²) in [4.78, 5) is 26.3. The number of anilines is 1. The predicted octanol–water partition coefficient (Wildman–Crippen LogP) is 1.33. The summed E-state index contributed by atoms with van der Waals surface area (Å²) in [5, 5.41) is 9.10. The van der Waals surface area contributed by atoms with Gasteiger partial charge in [0.1, 0.15) is 6.04 Å². The van der Waals surface area contributed by atoms with E-state index in [1.807, 2.05) is 43.3 Å². The summed E-state index contributed by atoms with van der Waals surface area (Å²) in [6, 6.07) is 7.11. The van der Waals surface area contributed by atoms with E-state index in [4.69, 9.17) is 5.11 Å². The van der Waals surface area contributed by atoms with E-state index in [9.17, 15) is 9.59 Å². The van der Waals surface area contributed by atoms with Crippen LogP contribution in [-0.4, -0.2) is 42.0 Å². The van der Waals surface area contributed by atoms with Crippen molar-refractivity contribution in [2.24, 2.45) is 0 Å². The smallest absolute Gasteiger partial charge is 0.326 e. The molecular weight excluding hydrogens is 244 g/mol. The van der Waals surface area contributed by atoms with E-state index < -0.39 is 12.0 Å². The second-order valence-corrected chi connectivity index (χ2v) is 4.98. The highest BCUT2D eigenvalue weighted by Crippen LogP contribution is 2.22. The van der Waals surface area contributed by atoms with E-state index >= 15 is 0 Å². The first kappa shape index (κ1) is 13.4. The minimum absolute atomic E-state index is 0.0795. The van der Waals surface area contributed by atoms with Crippen molar-refractivity contribution in [3.63, 3.8) is 0 Å². The van der Waals surface area contributed by atoms with Crippen molar-refractivity contribution in [3.8, 4) is 0 Å². The molecule has 0 aromatic heterocycles. The fraction of sp³-hybridized carbons (Fsp3) is 0.429. The third-order valence-corrected chi connectivity index (χ3v) is 3.42. The zero-order valence-electron chi connectivity index (χ0n) is 11.2. The Morgan fingerprint density at radius 1 is 1.37 bits per heavy atom. The number of nitrogens with zero attached hydrogens (tertiary/aromatic N) is 2. The van der Waals surface area contributed by atoms with E-state index in [0.717, 1.165) is 11.3 Å². The summed E-state index contributed by atoms with van der Waals surface area (Å²) in [6.45, 7) is 0.365. The Labute approximate surface area is 112 Å². The predicted molar refractivity (Wildman–Crippen MR) is 72.0 cm³/mol. The van der Waals surface area contributed by atoms with Gasteiger partial charge < -0.3 is 14.9 Å². The summed E-state index contributed by atoms with van der Waals surface area (Å²) < 4.78 is 0. The second-order valence-electron chi connectivity index (χ2n) is 4.98. The van der Waals surface area contributed by atoms with E-state index in [2.05, 4.69) is 0 Å². The van der Waals surface area contributed by atoms with Crippen molar-refractivity contribution in [2.45, 2.75) is 25.4 Å². The highest BCUT2D eigenvalue weighted by atomic mass is 16.4. The summed E-state index contributed by atoms with van der Waals surface area (Å²) in [5.74, 6) is -1.00. The topological polar surface area (TPSA) is 60.9 Å². The average Bonchev–Trinajstić information content (AvgIpc) is 2.72. The molecule has 1 heterocycles. The van der Waals surface area contributed by atoms with Crippen LogP contribution in [0, 0.1) is 0 Å². The fourth-order valence-electron chi connectivity index (χ4n) is 2.28. The zero-order valence-corrected chi connectivity index (χ0v) is 11.2. The number of carbonyl (C=O) groups is 2. The molecule has 0 bridgehead atoms. The summed E-state index contributed by atoms with van der Waals surface area (Å²) in [7, 11) is 3.92. The molecule has 19 heavy (non-hydrogen) atoms. The molecule has 102 valence electrons. The Morgan fingerprint density at radius 3 is 2.53 bits per heavy atom. The molecule has 1 aliphatic rings. The first-order valence-electron chi connectivity index (χ1n) is 6.27. The molecule has 1 N–H and O–H groups in total. The van der Waals surface area contributed by atoms with Gasteiger partial charge in [-0.25, -0.2) is 4.79 Å². The molecule has 1 fully saturated rings. The molecule has 1 amide bonds. The molecule has 0 aliphatic carbocycles. The number of hydrogen-bond acceptors (Lipinski definition) is 3. The van der Waals surface area contributed by atoms with Crippen LogP contribution in [0.1, 0.15) is 18.4 Å². The molecule has 1 aromatic carbocycles. The number of carboxylic acids is 1. The molecule has 1 saturated heterocycles. The monoisotopic (exact) mass is 262 g/mol. The molecule has 2 rings (SSSR count). The van der Waals surface area contributed by atoms with Gasteiger partial charge in [-0.3, -0.25) is 4.79 Å². The number of amides is 1. The molecule has 1 unspecified atom stereocenters. The van der Waals surface area contributed by atoms with E-state index in [1.165, 1.54) is 4.90 Å². The number of carboxylic acid groups (broad SMARTS) is 1. The number of rotatable bonds is 4. The maximum Gasteiger partial charge on any atom is 0.326 e. The van der Waals surface area contributed by atoms with Crippen LogP contribution in [0.3, 0.4) is 0 Å². The molecular formula is C14H18N2O3. The zero-order chi connectivity index (χ0) is 14.0. The van der Waals surface area contributed by atoms with Gasteiger partial charge in [0.15, 0.2) is 0 Å². The lowest BCUT2D eigenvalue weighted by atomic mass is 10.1. The largest absolute Gasteiger partial charge is 0.480 e. The van der Waals surface area contributed by atoms with Gasteiger partial charge in [-0.05, 0) is 24.1 Å². The Balaban J connectivity index is 2.11. The fourth-order valence-corrected chi connectivity index (χ4v) is 2.28. The summed E-state index contributed by atoms with van der Waals surface area (Å²) >= 11 is 0. The SMILES string of the molecule is CN(C)c1ccc(CN2C(=O)CCC2C(=O)O)cc1. The van der Waals surface area contributed by atoms with Gasteiger partial charge in [0, 0.05) is 32.7 Å². The molecule has 5 nitrogen and oxygen atoms in total. The lowest BCUT2D eigenvalue weighted by Crippen LogP contribution is -2.37. The Morgan fingerprint density at radius 2 is 2.00 bits per heavy atom. The third-order valence-electron chi connectivity index (χ3n) is 3.42. The van der Waals surface area contributed by atoms with Crippen molar-refractivity contribution < 1.29 is 14.7 Å². The van der Waals surface area contributed by atoms with Gasteiger partial charge in [0.05, 0.1) is 0 Å². The van der Waals surface area contributed by atoms with Gasteiger partial charge in [-0.1, -0.05) is 12.1 Å². The third kappa shape index (κ3) is 2.86. The number of likely N-dealkylation sites (tertiary alicyclic amines) is 1. The Hall–Kier alpha value is -2.04. The van der Waals surface area contributed by atoms with Gasteiger partial charge >= 0.3 is 5.97 Å². The second kappa shape index (κ2) is 5.30. The lowest BCUT2D eigenvalue weighted by Gasteiger charge is -2.22. The van der Waals surface area contributed by atoms with Gasteiger partial charge in [-0.15, -0.1) is 0 Å². The highest BCUT2D eigenvalue weighted by molar-refractivity contribution is 5.87. The van der Waals surface area contributed by atoms with Crippen molar-refractivity contribution in [3.05, 3.63) is 29.8 Å². The molecule has 1 atom stereocenters. The first-order valence-corrected chi connectivity index (χ1v) is 6.27. The average molecular weight is 262 g/mol. The quantitative estimate of drug-likeness (QED) is 0.889. The normalized spacial score (nSPS) is 18.7. The summed E-state index contributed by atoms with van der Waals surface area (Å²) in [5.41, 5.74) is 2.03. The first-order chi connectivity index (χ1) is 8.99. The minimum atomic E-state index is -0.921. The summed E-state index contributed by atoms with van der Waals surface area (Å²) in [6.07, 6.45) is 0.733. The van der Waals surface area contributed by atoms with Crippen LogP contribution in [0.2, 0.25) is 0 Å². The highest BCUT2D eigenvalue weighted by Gasteiger charge is 2.35. The molecule has 0 saturated carbocycles. The number of carbonyl (C=O) groups excluding carboxylic acids is 1. The standard InChI is InChI=1S/C14H18N2O3/c1-15(2)11-5-3-10(4-6-11)9-16-12(14(18)19)7-8-13(16)17/h3-6,12H,7-9H2,1-2H3,(H,18,19). The van der Waals surface area contributed by atoms with Crippen molar-refractivity contribution in [2.75, 3.05) is 19.0 Å². The number of benzene rings is 1.